The minimum Gasteiger partial charge on any atom is -0.496 e. The van der Waals surface area contributed by atoms with Crippen LogP contribution in [0.15, 0.2) is 24.3 Å². The van der Waals surface area contributed by atoms with Gasteiger partial charge in [-0.1, -0.05) is 23.7 Å². The van der Waals surface area contributed by atoms with Crippen LogP contribution in [0.25, 0.3) is 0 Å². The van der Waals surface area contributed by atoms with E-state index in [1.165, 1.54) is 18.2 Å². The van der Waals surface area contributed by atoms with Crippen molar-refractivity contribution in [3.63, 3.8) is 0 Å². The monoisotopic (exact) mass is 340 g/mol. The van der Waals surface area contributed by atoms with E-state index < -0.39 is 25.2 Å². The van der Waals surface area contributed by atoms with Gasteiger partial charge < -0.3 is 22.4 Å². The van der Waals surface area contributed by atoms with Gasteiger partial charge in [0, 0.05) is 6.42 Å². The first kappa shape index (κ1) is 21.3. The van der Waals surface area contributed by atoms with Crippen molar-refractivity contribution >= 4 is 12.4 Å². The second-order valence-corrected chi connectivity index (χ2v) is 3.98. The van der Waals surface area contributed by atoms with Gasteiger partial charge in [0.2, 0.25) is 0 Å². The molecule has 1 rings (SSSR count). The van der Waals surface area contributed by atoms with Crippen molar-refractivity contribution in [1.82, 2.24) is 0 Å². The summed E-state index contributed by atoms with van der Waals surface area (Å²) in [5, 5.41) is 0. The predicted molar refractivity (Wildman–Crippen MR) is 62.1 cm³/mol. The quantitative estimate of drug-likeness (QED) is 0.398. The second-order valence-electron chi connectivity index (χ2n) is 3.98. The molecule has 0 N–H and O–H groups in total. The van der Waals surface area contributed by atoms with Crippen LogP contribution >= 0.6 is 0 Å². The molecule has 0 heterocycles. The first-order valence-electron chi connectivity index (χ1n) is 5.76. The van der Waals surface area contributed by atoms with Gasteiger partial charge in [0.05, 0.1) is 19.0 Å². The van der Waals surface area contributed by atoms with Gasteiger partial charge in [-0.25, -0.2) is 0 Å². The molecule has 0 aromatic heterocycles. The van der Waals surface area contributed by atoms with Gasteiger partial charge in [-0.2, -0.15) is 13.2 Å². The molecule has 0 unspecified atom stereocenters. The summed E-state index contributed by atoms with van der Waals surface area (Å²) in [5.74, 6) is -0.323. The van der Waals surface area contributed by atoms with E-state index in [1.54, 1.807) is 0 Å². The molecule has 114 valence electrons. The number of benzene rings is 1. The number of hydrogen-bond acceptors (Lipinski definition) is 2. The van der Waals surface area contributed by atoms with Crippen molar-refractivity contribution in [2.45, 2.75) is 12.6 Å². The van der Waals surface area contributed by atoms with Crippen molar-refractivity contribution < 1.29 is 87.0 Å². The van der Waals surface area contributed by atoms with E-state index >= 15 is 0 Å². The smallest absolute Gasteiger partial charge is 0.496 e. The van der Waals surface area contributed by atoms with Crippen LogP contribution in [0.5, 0.6) is 5.75 Å². The van der Waals surface area contributed by atoms with Gasteiger partial charge in [-0.05, 0) is 6.07 Å². The summed E-state index contributed by atoms with van der Waals surface area (Å²) in [6, 6.07) is 4.70. The predicted octanol–water partition coefficient (Wildman–Crippen LogP) is 0.0928. The summed E-state index contributed by atoms with van der Waals surface area (Å²) < 4.78 is 82.4. The van der Waals surface area contributed by atoms with Gasteiger partial charge in [0.15, 0.2) is 0 Å². The number of rotatable bonds is 7. The van der Waals surface area contributed by atoms with Crippen molar-refractivity contribution in [3.8, 4) is 5.75 Å². The topological polar surface area (TPSA) is 18.5 Å². The molecule has 0 aliphatic rings. The van der Waals surface area contributed by atoms with Gasteiger partial charge in [0.1, 0.15) is 6.61 Å². The van der Waals surface area contributed by atoms with Crippen molar-refractivity contribution in [2.75, 3.05) is 19.8 Å². The fourth-order valence-electron chi connectivity index (χ4n) is 1.41. The summed E-state index contributed by atoms with van der Waals surface area (Å²) >= 11 is 0. The van der Waals surface area contributed by atoms with E-state index in [1.807, 2.05) is 0 Å². The van der Waals surface area contributed by atoms with Gasteiger partial charge in [0.25, 0.3) is 0 Å². The maximum absolute atomic E-state index is 12.6. The number of para-hydroxylation sites is 1. The van der Waals surface area contributed by atoms with Gasteiger partial charge in [-0.15, -0.1) is 0 Å². The third-order valence-electron chi connectivity index (χ3n) is 2.23. The van der Waals surface area contributed by atoms with E-state index in [2.05, 4.69) is 4.74 Å². The normalized spacial score (nSPS) is 11.9. The van der Waals surface area contributed by atoms with Crippen LogP contribution in [0.4, 0.5) is 26.1 Å². The molecule has 0 bridgehead atoms. The molecule has 0 radical (unpaired) electrons. The molecule has 2 nitrogen and oxygen atoms in total. The SMILES string of the molecule is F[B-](F)(F)c1ccccc1OCCCOCC(F)(F)F.[K+]. The molecule has 0 amide bonds. The van der Waals surface area contributed by atoms with E-state index in [0.29, 0.717) is 0 Å². The number of halogens is 6. The van der Waals surface area contributed by atoms with Crippen LogP contribution in [-0.2, 0) is 4.74 Å². The molecule has 0 atom stereocenters. The molecule has 0 aliphatic heterocycles. The first-order valence-corrected chi connectivity index (χ1v) is 5.76. The van der Waals surface area contributed by atoms with Crippen LogP contribution in [0.2, 0.25) is 0 Å². The maximum Gasteiger partial charge on any atom is 1.00 e. The molecular weight excluding hydrogens is 328 g/mol. The average molecular weight is 340 g/mol. The van der Waals surface area contributed by atoms with Crippen LogP contribution in [-0.4, -0.2) is 33.0 Å². The number of ether oxygens (including phenoxy) is 2. The summed E-state index contributed by atoms with van der Waals surface area (Å²) in [6.45, 7) is -6.96. The summed E-state index contributed by atoms with van der Waals surface area (Å²) in [7, 11) is 0. The maximum atomic E-state index is 12.6. The molecule has 0 saturated heterocycles. The Labute approximate surface area is 160 Å². The Morgan fingerprint density at radius 2 is 1.62 bits per heavy atom. The zero-order chi connectivity index (χ0) is 15.2. The minimum atomic E-state index is -5.19. The Morgan fingerprint density at radius 1 is 1.00 bits per heavy atom. The summed E-state index contributed by atoms with van der Waals surface area (Å²) in [4.78, 5) is 0. The Bertz CT molecular complexity index is 424. The number of hydrogen-bond donors (Lipinski definition) is 0. The van der Waals surface area contributed by atoms with Crippen LogP contribution < -0.4 is 61.6 Å². The molecule has 21 heavy (non-hydrogen) atoms. The van der Waals surface area contributed by atoms with Crippen molar-refractivity contribution in [3.05, 3.63) is 24.3 Å². The second kappa shape index (κ2) is 9.41. The van der Waals surface area contributed by atoms with E-state index in [4.69, 9.17) is 4.74 Å². The molecule has 0 spiro atoms. The van der Waals surface area contributed by atoms with Crippen LogP contribution in [0.1, 0.15) is 6.42 Å². The molecule has 1 aromatic carbocycles. The fourth-order valence-corrected chi connectivity index (χ4v) is 1.41. The molecular formula is C11H12BF6KO2. The molecule has 0 fully saturated rings. The first-order chi connectivity index (χ1) is 9.20. The molecule has 0 saturated carbocycles. The minimum absolute atomic E-state index is 0. The number of alkyl halides is 3. The fraction of sp³-hybridized carbons (Fsp3) is 0.455. The van der Waals surface area contributed by atoms with Gasteiger partial charge >= 0.3 is 64.5 Å². The summed E-state index contributed by atoms with van der Waals surface area (Å²) in [6.07, 6.45) is -4.35. The third kappa shape index (κ3) is 9.09. The largest absolute Gasteiger partial charge is 1.00 e. The molecule has 0 aliphatic carbocycles. The Kier molecular flexibility index (Phi) is 9.53. The molecule has 1 aromatic rings. The zero-order valence-electron chi connectivity index (χ0n) is 11.3. The van der Waals surface area contributed by atoms with Gasteiger partial charge in [-0.3, -0.25) is 0 Å². The summed E-state index contributed by atoms with van der Waals surface area (Å²) in [5.41, 5.74) is -0.858. The van der Waals surface area contributed by atoms with E-state index in [-0.39, 0.29) is 76.8 Å². The third-order valence-corrected chi connectivity index (χ3v) is 2.23. The standard InChI is InChI=1S/C11H12BF6O2.K/c13-11(14,15)8-19-6-3-7-20-10-5-2-1-4-9(10)12(16,17)18;/h1-2,4-5H,3,6-8H2;/q-1;+1. The Morgan fingerprint density at radius 3 is 2.19 bits per heavy atom. The van der Waals surface area contributed by atoms with Crippen LogP contribution in [0, 0.1) is 0 Å². The van der Waals surface area contributed by atoms with Crippen LogP contribution in [0.3, 0.4) is 0 Å². The average Bonchev–Trinajstić information content (AvgIpc) is 2.31. The molecule has 10 heteroatoms. The van der Waals surface area contributed by atoms with Crippen molar-refractivity contribution in [1.29, 1.82) is 0 Å². The Balaban J connectivity index is 0.00000400. The Hall–Kier alpha value is 0.261. The van der Waals surface area contributed by atoms with E-state index in [9.17, 15) is 26.1 Å². The zero-order valence-corrected chi connectivity index (χ0v) is 14.4. The van der Waals surface area contributed by atoms with E-state index in [0.717, 1.165) is 6.07 Å². The van der Waals surface area contributed by atoms with Crippen molar-refractivity contribution in [2.24, 2.45) is 0 Å².